The molecule has 2 saturated heterocycles. The molecule has 30 heavy (non-hydrogen) atoms. The molecule has 0 aliphatic carbocycles. The molecule has 2 fully saturated rings. The molecule has 1 atom stereocenters. The predicted molar refractivity (Wildman–Crippen MR) is 109 cm³/mol. The Hall–Kier alpha value is -2.21. The smallest absolute Gasteiger partial charge is 0.355 e. The number of thiophene rings is 1. The number of carbonyl (C=O) groups excluding carboxylic acids is 2. The summed E-state index contributed by atoms with van der Waals surface area (Å²) in [5.74, 6) is -1.02. The van der Waals surface area contributed by atoms with Crippen LogP contribution in [0.5, 0.6) is 0 Å². The largest absolute Gasteiger partial charge is 0.451 e. The van der Waals surface area contributed by atoms with Crippen molar-refractivity contribution in [2.45, 2.75) is 23.8 Å². The molecule has 1 amide bonds. The fraction of sp³-hybridized carbons (Fsp3) is 0.474. The number of hydrogen-bond donors (Lipinski definition) is 1. The minimum atomic E-state index is -3.71. The van der Waals surface area contributed by atoms with E-state index >= 15 is 0 Å². The molecule has 2 aromatic rings. The Morgan fingerprint density at radius 3 is 2.80 bits per heavy atom. The topological polar surface area (TPSA) is 109 Å². The summed E-state index contributed by atoms with van der Waals surface area (Å²) in [6, 6.07) is 5.21. The molecule has 0 spiro atoms. The third-order valence-electron chi connectivity index (χ3n) is 5.26. The lowest BCUT2D eigenvalue weighted by atomic mass is 10.2. The van der Waals surface area contributed by atoms with Crippen LogP contribution < -0.4 is 0 Å². The van der Waals surface area contributed by atoms with E-state index < -0.39 is 16.0 Å². The number of amides is 1. The molecule has 162 valence electrons. The maximum absolute atomic E-state index is 12.7. The number of esters is 1. The van der Waals surface area contributed by atoms with E-state index in [1.54, 1.807) is 16.2 Å². The van der Waals surface area contributed by atoms with Gasteiger partial charge in [-0.1, -0.05) is 6.07 Å². The highest BCUT2D eigenvalue weighted by Gasteiger charge is 2.32. The van der Waals surface area contributed by atoms with Crippen molar-refractivity contribution >= 4 is 33.2 Å². The van der Waals surface area contributed by atoms with Crippen molar-refractivity contribution in [1.82, 2.24) is 14.2 Å². The molecule has 4 heterocycles. The van der Waals surface area contributed by atoms with Crippen molar-refractivity contribution < 1.29 is 27.5 Å². The second-order valence-corrected chi connectivity index (χ2v) is 10.0. The molecule has 0 saturated carbocycles. The van der Waals surface area contributed by atoms with Crippen molar-refractivity contribution in [3.8, 4) is 0 Å². The highest BCUT2D eigenvalue weighted by molar-refractivity contribution is 7.89. The number of nitrogens with one attached hydrogen (secondary N) is 1. The standard InChI is InChI=1S/C19H23N3O6S2/c23-18(22-5-1-3-16(22)17-4-2-10-29-17)13-28-19(24)15-11-14(12-20-15)30(25,26)21-6-8-27-9-7-21/h2,4,10-12,16,20H,1,3,5-9,13H2. The summed E-state index contributed by atoms with van der Waals surface area (Å²) in [7, 11) is -3.71. The number of aromatic nitrogens is 1. The fourth-order valence-corrected chi connectivity index (χ4v) is 5.98. The third kappa shape index (κ3) is 4.29. The van der Waals surface area contributed by atoms with Crippen LogP contribution in [-0.4, -0.2) is 73.9 Å². The van der Waals surface area contributed by atoms with Crippen molar-refractivity contribution in [3.63, 3.8) is 0 Å². The zero-order valence-corrected chi connectivity index (χ0v) is 17.9. The molecule has 2 aliphatic heterocycles. The van der Waals surface area contributed by atoms with Gasteiger partial charge in [-0.2, -0.15) is 4.31 Å². The summed E-state index contributed by atoms with van der Waals surface area (Å²) in [6.45, 7) is 1.45. The molecule has 9 nitrogen and oxygen atoms in total. The van der Waals surface area contributed by atoms with Gasteiger partial charge in [-0.25, -0.2) is 13.2 Å². The number of rotatable bonds is 6. The first kappa shape index (κ1) is 21.0. The van der Waals surface area contributed by atoms with Crippen LogP contribution >= 0.6 is 11.3 Å². The third-order valence-corrected chi connectivity index (χ3v) is 8.11. The number of carbonyl (C=O) groups is 2. The van der Waals surface area contributed by atoms with Crippen LogP contribution in [0.3, 0.4) is 0 Å². The summed E-state index contributed by atoms with van der Waals surface area (Å²) < 4.78 is 36.9. The zero-order chi connectivity index (χ0) is 21.1. The lowest BCUT2D eigenvalue weighted by molar-refractivity contribution is -0.135. The Kier molecular flexibility index (Phi) is 6.23. The summed E-state index contributed by atoms with van der Waals surface area (Å²) >= 11 is 1.60. The van der Waals surface area contributed by atoms with Crippen LogP contribution in [0.15, 0.2) is 34.7 Å². The number of nitrogens with zero attached hydrogens (tertiary/aromatic N) is 2. The van der Waals surface area contributed by atoms with Gasteiger partial charge in [0.15, 0.2) is 6.61 Å². The van der Waals surface area contributed by atoms with Crippen LogP contribution in [0.4, 0.5) is 0 Å². The number of hydrogen-bond acceptors (Lipinski definition) is 7. The first-order valence-corrected chi connectivity index (χ1v) is 12.0. The minimum Gasteiger partial charge on any atom is -0.451 e. The number of morpholine rings is 1. The molecule has 0 bridgehead atoms. The first-order chi connectivity index (χ1) is 14.5. The highest BCUT2D eigenvalue weighted by Crippen LogP contribution is 2.34. The van der Waals surface area contributed by atoms with Gasteiger partial charge >= 0.3 is 5.97 Å². The quantitative estimate of drug-likeness (QED) is 0.666. The number of ether oxygens (including phenoxy) is 2. The molecular weight excluding hydrogens is 430 g/mol. The molecule has 0 aromatic carbocycles. The molecule has 4 rings (SSSR count). The first-order valence-electron chi connectivity index (χ1n) is 9.73. The van der Waals surface area contributed by atoms with E-state index in [4.69, 9.17) is 9.47 Å². The second-order valence-electron chi connectivity index (χ2n) is 7.10. The van der Waals surface area contributed by atoms with Crippen LogP contribution in [0.1, 0.15) is 34.2 Å². The Morgan fingerprint density at radius 2 is 2.07 bits per heavy atom. The average molecular weight is 454 g/mol. The fourth-order valence-electron chi connectivity index (χ4n) is 3.71. The van der Waals surface area contributed by atoms with Crippen LogP contribution in [-0.2, 0) is 24.3 Å². The number of sulfonamides is 1. The van der Waals surface area contributed by atoms with Crippen molar-refractivity contribution in [3.05, 3.63) is 40.3 Å². The molecule has 2 aromatic heterocycles. The maximum Gasteiger partial charge on any atom is 0.355 e. The predicted octanol–water partition coefficient (Wildman–Crippen LogP) is 1.62. The Bertz CT molecular complexity index is 995. The molecule has 1 unspecified atom stereocenters. The van der Waals surface area contributed by atoms with Crippen LogP contribution in [0.2, 0.25) is 0 Å². The van der Waals surface area contributed by atoms with E-state index in [0.29, 0.717) is 19.8 Å². The molecule has 11 heteroatoms. The number of H-pyrrole nitrogens is 1. The van der Waals surface area contributed by atoms with E-state index in [0.717, 1.165) is 17.7 Å². The van der Waals surface area contributed by atoms with Gasteiger partial charge < -0.3 is 19.4 Å². The lowest BCUT2D eigenvalue weighted by Crippen LogP contribution is -2.40. The van der Waals surface area contributed by atoms with Gasteiger partial charge in [0.05, 0.1) is 19.3 Å². The molecule has 2 aliphatic rings. The van der Waals surface area contributed by atoms with E-state index in [1.165, 1.54) is 16.6 Å². The summed E-state index contributed by atoms with van der Waals surface area (Å²) in [5, 5.41) is 1.98. The van der Waals surface area contributed by atoms with Crippen LogP contribution in [0, 0.1) is 0 Å². The highest BCUT2D eigenvalue weighted by atomic mass is 32.2. The summed E-state index contributed by atoms with van der Waals surface area (Å²) in [6.07, 6.45) is 3.05. The second kappa shape index (κ2) is 8.88. The monoisotopic (exact) mass is 453 g/mol. The summed E-state index contributed by atoms with van der Waals surface area (Å²) in [4.78, 5) is 30.4. The Morgan fingerprint density at radius 1 is 1.27 bits per heavy atom. The van der Waals surface area contributed by atoms with E-state index in [1.807, 2.05) is 17.5 Å². The Labute approximate surface area is 178 Å². The lowest BCUT2D eigenvalue weighted by Gasteiger charge is -2.25. The molecular formula is C19H23N3O6S2. The van der Waals surface area contributed by atoms with Crippen LogP contribution in [0.25, 0.3) is 0 Å². The normalized spacial score (nSPS) is 20.4. The molecule has 1 N–H and O–H groups in total. The van der Waals surface area contributed by atoms with Gasteiger partial charge in [-0.05, 0) is 30.4 Å². The van der Waals surface area contributed by atoms with E-state index in [-0.39, 0.29) is 42.2 Å². The average Bonchev–Trinajstić information content (AvgIpc) is 3.52. The summed E-state index contributed by atoms with van der Waals surface area (Å²) in [5.41, 5.74) is -0.00846. The van der Waals surface area contributed by atoms with Gasteiger partial charge in [0.2, 0.25) is 10.0 Å². The Balaban J connectivity index is 1.36. The SMILES string of the molecule is O=C(OCC(=O)N1CCCC1c1cccs1)c1cc(S(=O)(=O)N2CCOCC2)c[nH]1. The van der Waals surface area contributed by atoms with Gasteiger partial charge in [0.25, 0.3) is 5.91 Å². The molecule has 0 radical (unpaired) electrons. The van der Waals surface area contributed by atoms with Crippen molar-refractivity contribution in [1.29, 1.82) is 0 Å². The minimum absolute atomic E-state index is 0.00846. The van der Waals surface area contributed by atoms with Gasteiger partial charge in [0, 0.05) is 30.7 Å². The van der Waals surface area contributed by atoms with Crippen molar-refractivity contribution in [2.75, 3.05) is 39.5 Å². The van der Waals surface area contributed by atoms with E-state index in [2.05, 4.69) is 4.98 Å². The van der Waals surface area contributed by atoms with Gasteiger partial charge in [0.1, 0.15) is 10.6 Å². The van der Waals surface area contributed by atoms with Crippen molar-refractivity contribution in [2.24, 2.45) is 0 Å². The maximum atomic E-state index is 12.7. The number of likely N-dealkylation sites (tertiary alicyclic amines) is 1. The van der Waals surface area contributed by atoms with Gasteiger partial charge in [-0.15, -0.1) is 11.3 Å². The van der Waals surface area contributed by atoms with E-state index in [9.17, 15) is 18.0 Å². The number of aromatic amines is 1. The van der Waals surface area contributed by atoms with Gasteiger partial charge in [-0.3, -0.25) is 4.79 Å². The zero-order valence-electron chi connectivity index (χ0n) is 16.3.